The SMILES string of the molecule is CCNC(=O)NC(=O)[C@H](OC(=O)/C(=C/c1ccccc1)NC(C)=O)c1ccccc1. The maximum absolute atomic E-state index is 12.8. The van der Waals surface area contributed by atoms with Gasteiger partial charge in [-0.05, 0) is 18.6 Å². The molecule has 2 aromatic rings. The zero-order valence-corrected chi connectivity index (χ0v) is 16.7. The summed E-state index contributed by atoms with van der Waals surface area (Å²) in [6.07, 6.45) is 0.0438. The summed E-state index contributed by atoms with van der Waals surface area (Å²) in [6.45, 7) is 3.27. The van der Waals surface area contributed by atoms with Crippen LogP contribution >= 0.6 is 0 Å². The molecule has 0 aliphatic heterocycles. The van der Waals surface area contributed by atoms with Gasteiger partial charge in [-0.2, -0.15) is 0 Å². The second kappa shape index (κ2) is 11.2. The molecule has 0 unspecified atom stereocenters. The molecule has 4 amide bonds. The van der Waals surface area contributed by atoms with Crippen LogP contribution in [-0.2, 0) is 19.1 Å². The highest BCUT2D eigenvalue weighted by Gasteiger charge is 2.28. The maximum Gasteiger partial charge on any atom is 0.355 e. The molecule has 2 aromatic carbocycles. The average Bonchev–Trinajstić information content (AvgIpc) is 2.72. The third kappa shape index (κ3) is 6.90. The third-order valence-corrected chi connectivity index (χ3v) is 3.78. The second-order valence-electron chi connectivity index (χ2n) is 6.19. The van der Waals surface area contributed by atoms with Crippen LogP contribution in [0.2, 0.25) is 0 Å². The van der Waals surface area contributed by atoms with Gasteiger partial charge in [-0.25, -0.2) is 9.59 Å². The van der Waals surface area contributed by atoms with Crippen molar-refractivity contribution in [3.05, 3.63) is 77.5 Å². The van der Waals surface area contributed by atoms with Crippen molar-refractivity contribution in [2.24, 2.45) is 0 Å². The van der Waals surface area contributed by atoms with E-state index in [2.05, 4.69) is 16.0 Å². The van der Waals surface area contributed by atoms with E-state index in [0.29, 0.717) is 17.7 Å². The number of hydrogen-bond donors (Lipinski definition) is 3. The lowest BCUT2D eigenvalue weighted by Crippen LogP contribution is -2.43. The molecule has 0 aromatic heterocycles. The normalized spacial score (nSPS) is 11.7. The molecular formula is C22H23N3O5. The van der Waals surface area contributed by atoms with Crippen molar-refractivity contribution in [1.82, 2.24) is 16.0 Å². The van der Waals surface area contributed by atoms with Gasteiger partial charge in [-0.15, -0.1) is 0 Å². The Kier molecular flexibility index (Phi) is 8.31. The minimum atomic E-state index is -1.39. The first-order valence-corrected chi connectivity index (χ1v) is 9.29. The lowest BCUT2D eigenvalue weighted by atomic mass is 10.1. The largest absolute Gasteiger partial charge is 0.443 e. The van der Waals surface area contributed by atoms with Gasteiger partial charge >= 0.3 is 12.0 Å². The summed E-state index contributed by atoms with van der Waals surface area (Å²) in [4.78, 5) is 48.7. The average molecular weight is 409 g/mol. The monoisotopic (exact) mass is 409 g/mol. The zero-order valence-electron chi connectivity index (χ0n) is 16.7. The van der Waals surface area contributed by atoms with Crippen LogP contribution in [0.4, 0.5) is 4.79 Å². The van der Waals surface area contributed by atoms with E-state index in [0.717, 1.165) is 0 Å². The Hall–Kier alpha value is -3.94. The highest BCUT2D eigenvalue weighted by atomic mass is 16.5. The van der Waals surface area contributed by atoms with Crippen molar-refractivity contribution in [2.75, 3.05) is 6.54 Å². The van der Waals surface area contributed by atoms with Gasteiger partial charge < -0.3 is 15.4 Å². The van der Waals surface area contributed by atoms with Crippen LogP contribution in [0, 0.1) is 0 Å². The first-order valence-electron chi connectivity index (χ1n) is 9.29. The van der Waals surface area contributed by atoms with Gasteiger partial charge in [-0.3, -0.25) is 14.9 Å². The Balaban J connectivity index is 2.30. The summed E-state index contributed by atoms with van der Waals surface area (Å²) in [5.41, 5.74) is 0.885. The van der Waals surface area contributed by atoms with Crippen LogP contribution < -0.4 is 16.0 Å². The summed E-state index contributed by atoms with van der Waals surface area (Å²) in [5.74, 6) is -2.21. The molecule has 3 N–H and O–H groups in total. The second-order valence-corrected chi connectivity index (χ2v) is 6.19. The highest BCUT2D eigenvalue weighted by molar-refractivity contribution is 6.01. The summed E-state index contributed by atoms with van der Waals surface area (Å²) in [6, 6.07) is 16.4. The number of imide groups is 1. The van der Waals surface area contributed by atoms with Crippen molar-refractivity contribution >= 4 is 29.9 Å². The number of urea groups is 1. The molecule has 0 aliphatic carbocycles. The van der Waals surface area contributed by atoms with Crippen molar-refractivity contribution < 1.29 is 23.9 Å². The molecule has 1 atom stereocenters. The zero-order chi connectivity index (χ0) is 21.9. The Morgan fingerprint density at radius 2 is 1.53 bits per heavy atom. The van der Waals surface area contributed by atoms with Crippen LogP contribution in [0.3, 0.4) is 0 Å². The number of hydrogen-bond acceptors (Lipinski definition) is 5. The van der Waals surface area contributed by atoms with Crippen molar-refractivity contribution in [3.8, 4) is 0 Å². The van der Waals surface area contributed by atoms with Crippen LogP contribution in [-0.4, -0.2) is 30.4 Å². The lowest BCUT2D eigenvalue weighted by Gasteiger charge is -2.18. The number of rotatable bonds is 7. The molecule has 30 heavy (non-hydrogen) atoms. The molecule has 0 heterocycles. The Morgan fingerprint density at radius 1 is 0.933 bits per heavy atom. The molecule has 8 heteroatoms. The van der Waals surface area contributed by atoms with E-state index in [1.165, 1.54) is 13.0 Å². The summed E-state index contributed by atoms with van der Waals surface area (Å²) < 4.78 is 5.40. The van der Waals surface area contributed by atoms with Crippen LogP contribution in [0.1, 0.15) is 31.1 Å². The van der Waals surface area contributed by atoms with E-state index >= 15 is 0 Å². The molecule has 0 aliphatic rings. The number of nitrogens with one attached hydrogen (secondary N) is 3. The van der Waals surface area contributed by atoms with E-state index in [-0.39, 0.29) is 5.70 Å². The van der Waals surface area contributed by atoms with Gasteiger partial charge in [-0.1, -0.05) is 60.7 Å². The number of carbonyl (C=O) groups is 4. The van der Waals surface area contributed by atoms with E-state index in [4.69, 9.17) is 4.74 Å². The molecule has 0 spiro atoms. The number of ether oxygens (including phenoxy) is 1. The third-order valence-electron chi connectivity index (χ3n) is 3.78. The van der Waals surface area contributed by atoms with E-state index in [1.807, 2.05) is 6.07 Å². The van der Waals surface area contributed by atoms with Crippen LogP contribution in [0.15, 0.2) is 66.4 Å². The topological polar surface area (TPSA) is 114 Å². The smallest absolute Gasteiger partial charge is 0.355 e. The minimum absolute atomic E-state index is 0.138. The highest BCUT2D eigenvalue weighted by Crippen LogP contribution is 2.19. The number of amides is 4. The molecule has 0 saturated carbocycles. The van der Waals surface area contributed by atoms with Gasteiger partial charge in [0.05, 0.1) is 0 Å². The van der Waals surface area contributed by atoms with E-state index in [1.54, 1.807) is 61.5 Å². The van der Waals surface area contributed by atoms with Gasteiger partial charge in [0, 0.05) is 19.0 Å². The summed E-state index contributed by atoms with van der Waals surface area (Å²) in [7, 11) is 0. The Bertz CT molecular complexity index is 926. The molecular weight excluding hydrogens is 386 g/mol. The van der Waals surface area contributed by atoms with Gasteiger partial charge in [0.1, 0.15) is 5.70 Å². The lowest BCUT2D eigenvalue weighted by molar-refractivity contribution is -0.153. The predicted molar refractivity (Wildman–Crippen MR) is 111 cm³/mol. The molecule has 2 rings (SSSR count). The van der Waals surface area contributed by atoms with E-state index < -0.39 is 29.9 Å². The molecule has 0 fully saturated rings. The Labute approximate surface area is 174 Å². The molecule has 0 saturated heterocycles. The quantitative estimate of drug-likeness (QED) is 0.480. The predicted octanol–water partition coefficient (Wildman–Crippen LogP) is 2.29. The summed E-state index contributed by atoms with van der Waals surface area (Å²) >= 11 is 0. The van der Waals surface area contributed by atoms with Crippen molar-refractivity contribution in [1.29, 1.82) is 0 Å². The molecule has 156 valence electrons. The number of benzene rings is 2. The molecule has 8 nitrogen and oxygen atoms in total. The fourth-order valence-electron chi connectivity index (χ4n) is 2.51. The number of carbonyl (C=O) groups excluding carboxylic acids is 4. The fourth-order valence-corrected chi connectivity index (χ4v) is 2.51. The standard InChI is InChI=1S/C22H23N3O5/c1-3-23-22(29)25-20(27)19(17-12-8-5-9-13-17)30-21(28)18(24-15(2)26)14-16-10-6-4-7-11-16/h4-14,19H,3H2,1-2H3,(H,24,26)(H2,23,25,27,29)/b18-14-/t19-/m1/s1. The fraction of sp³-hybridized carbons (Fsp3) is 0.182. The summed E-state index contributed by atoms with van der Waals surface area (Å²) in [5, 5.41) is 7.00. The van der Waals surface area contributed by atoms with Gasteiger partial charge in [0.25, 0.3) is 5.91 Å². The van der Waals surface area contributed by atoms with Gasteiger partial charge in [0.15, 0.2) is 0 Å². The Morgan fingerprint density at radius 3 is 2.10 bits per heavy atom. The maximum atomic E-state index is 12.8. The van der Waals surface area contributed by atoms with Crippen LogP contribution in [0.5, 0.6) is 0 Å². The molecule has 0 radical (unpaired) electrons. The molecule has 0 bridgehead atoms. The minimum Gasteiger partial charge on any atom is -0.443 e. The van der Waals surface area contributed by atoms with Crippen LogP contribution in [0.25, 0.3) is 6.08 Å². The first kappa shape index (κ1) is 22.4. The van der Waals surface area contributed by atoms with E-state index in [9.17, 15) is 19.2 Å². The van der Waals surface area contributed by atoms with Gasteiger partial charge in [0.2, 0.25) is 12.0 Å². The first-order chi connectivity index (χ1) is 14.4. The van der Waals surface area contributed by atoms with Crippen molar-refractivity contribution in [3.63, 3.8) is 0 Å². The number of esters is 1. The van der Waals surface area contributed by atoms with Crippen molar-refractivity contribution in [2.45, 2.75) is 20.0 Å².